The molecule has 0 heterocycles. The van der Waals surface area contributed by atoms with Crippen LogP contribution in [0.1, 0.15) is 34.6 Å². The lowest BCUT2D eigenvalue weighted by atomic mass is 10.0. The SMILES string of the molecule is COc1c([C@H](C)Br)cccc1[C@@H](C)Br. The number of benzene rings is 1. The zero-order valence-electron chi connectivity index (χ0n) is 8.55. The topological polar surface area (TPSA) is 9.23 Å². The molecule has 0 unspecified atom stereocenters. The number of hydrogen-bond acceptors (Lipinski definition) is 1. The molecule has 3 heteroatoms. The molecule has 0 fully saturated rings. The van der Waals surface area contributed by atoms with Gasteiger partial charge in [-0.05, 0) is 13.8 Å². The number of rotatable bonds is 3. The van der Waals surface area contributed by atoms with E-state index in [2.05, 4.69) is 63.9 Å². The van der Waals surface area contributed by atoms with E-state index in [9.17, 15) is 0 Å². The highest BCUT2D eigenvalue weighted by Gasteiger charge is 2.14. The van der Waals surface area contributed by atoms with Gasteiger partial charge in [-0.25, -0.2) is 0 Å². The van der Waals surface area contributed by atoms with Crippen molar-refractivity contribution in [1.82, 2.24) is 0 Å². The maximum absolute atomic E-state index is 5.44. The summed E-state index contributed by atoms with van der Waals surface area (Å²) in [7, 11) is 1.72. The summed E-state index contributed by atoms with van der Waals surface area (Å²) in [6.45, 7) is 4.20. The first-order chi connectivity index (χ1) is 6.57. The maximum Gasteiger partial charge on any atom is 0.127 e. The lowest BCUT2D eigenvalue weighted by molar-refractivity contribution is 0.405. The van der Waals surface area contributed by atoms with E-state index in [0.29, 0.717) is 9.65 Å². The maximum atomic E-state index is 5.44. The lowest BCUT2D eigenvalue weighted by Gasteiger charge is -2.16. The molecule has 0 aromatic heterocycles. The third-order valence-corrected chi connectivity index (χ3v) is 3.12. The molecule has 0 saturated carbocycles. The Morgan fingerprint density at radius 1 is 1.07 bits per heavy atom. The van der Waals surface area contributed by atoms with Gasteiger partial charge in [0.15, 0.2) is 0 Å². The summed E-state index contributed by atoms with van der Waals surface area (Å²) in [5.74, 6) is 0.973. The van der Waals surface area contributed by atoms with Gasteiger partial charge in [-0.15, -0.1) is 0 Å². The summed E-state index contributed by atoms with van der Waals surface area (Å²) in [6.07, 6.45) is 0. The molecule has 0 aliphatic rings. The summed E-state index contributed by atoms with van der Waals surface area (Å²) < 4.78 is 5.44. The molecule has 0 aliphatic heterocycles. The van der Waals surface area contributed by atoms with Crippen LogP contribution in [0, 0.1) is 0 Å². The number of hydrogen-bond donors (Lipinski definition) is 0. The normalized spacial score (nSPS) is 14.9. The van der Waals surface area contributed by atoms with Crippen molar-refractivity contribution >= 4 is 31.9 Å². The van der Waals surface area contributed by atoms with Crippen LogP contribution in [0.5, 0.6) is 5.75 Å². The third kappa shape index (κ3) is 2.51. The Kier molecular flexibility index (Phi) is 4.45. The standard InChI is InChI=1S/C11H14Br2O/c1-7(12)9-5-4-6-10(8(2)13)11(9)14-3/h4-8H,1-3H3/t7-,8+. The zero-order valence-corrected chi connectivity index (χ0v) is 11.7. The minimum absolute atomic E-state index is 0.309. The summed E-state index contributed by atoms with van der Waals surface area (Å²) >= 11 is 7.12. The van der Waals surface area contributed by atoms with Crippen molar-refractivity contribution in [1.29, 1.82) is 0 Å². The van der Waals surface area contributed by atoms with Crippen molar-refractivity contribution in [3.8, 4) is 5.75 Å². The minimum Gasteiger partial charge on any atom is -0.496 e. The molecule has 0 saturated heterocycles. The molecule has 1 nitrogen and oxygen atoms in total. The second kappa shape index (κ2) is 5.17. The molecule has 14 heavy (non-hydrogen) atoms. The van der Waals surface area contributed by atoms with Gasteiger partial charge in [0, 0.05) is 20.8 Å². The fourth-order valence-electron chi connectivity index (χ4n) is 1.44. The highest BCUT2D eigenvalue weighted by Crippen LogP contribution is 2.38. The molecule has 0 bridgehead atoms. The van der Waals surface area contributed by atoms with Crippen LogP contribution in [0.2, 0.25) is 0 Å². The Balaban J connectivity index is 3.25. The van der Waals surface area contributed by atoms with Crippen molar-refractivity contribution in [2.24, 2.45) is 0 Å². The first-order valence-corrected chi connectivity index (χ1v) is 6.36. The van der Waals surface area contributed by atoms with Crippen molar-refractivity contribution in [3.63, 3.8) is 0 Å². The molecule has 2 atom stereocenters. The Morgan fingerprint density at radius 3 is 1.79 bits per heavy atom. The van der Waals surface area contributed by atoms with E-state index in [1.807, 2.05) is 0 Å². The first-order valence-electron chi connectivity index (χ1n) is 4.52. The smallest absolute Gasteiger partial charge is 0.127 e. The predicted octanol–water partition coefficient (Wildman–Crippen LogP) is 4.61. The van der Waals surface area contributed by atoms with Gasteiger partial charge in [0.2, 0.25) is 0 Å². The van der Waals surface area contributed by atoms with Gasteiger partial charge in [0.05, 0.1) is 7.11 Å². The van der Waals surface area contributed by atoms with Crippen LogP contribution in [0.25, 0.3) is 0 Å². The van der Waals surface area contributed by atoms with E-state index in [1.54, 1.807) is 7.11 Å². The predicted molar refractivity (Wildman–Crippen MR) is 67.7 cm³/mol. The minimum atomic E-state index is 0.309. The molecule has 0 spiro atoms. The average Bonchev–Trinajstić information content (AvgIpc) is 2.16. The highest BCUT2D eigenvalue weighted by atomic mass is 79.9. The van der Waals surface area contributed by atoms with E-state index in [1.165, 1.54) is 11.1 Å². The van der Waals surface area contributed by atoms with Crippen LogP contribution in [0.15, 0.2) is 18.2 Å². The van der Waals surface area contributed by atoms with Gasteiger partial charge in [-0.3, -0.25) is 0 Å². The first kappa shape index (κ1) is 12.1. The Labute approximate surface area is 102 Å². The quantitative estimate of drug-likeness (QED) is 0.739. The van der Waals surface area contributed by atoms with Gasteiger partial charge in [0.25, 0.3) is 0 Å². The van der Waals surface area contributed by atoms with Crippen molar-refractivity contribution < 1.29 is 4.74 Å². The highest BCUT2D eigenvalue weighted by molar-refractivity contribution is 9.09. The second-order valence-corrected chi connectivity index (χ2v) is 5.95. The van der Waals surface area contributed by atoms with E-state index in [0.717, 1.165) is 5.75 Å². The number of ether oxygens (including phenoxy) is 1. The lowest BCUT2D eigenvalue weighted by Crippen LogP contribution is -1.97. The van der Waals surface area contributed by atoms with Crippen molar-refractivity contribution in [2.45, 2.75) is 23.5 Å². The van der Waals surface area contributed by atoms with Crippen LogP contribution in [-0.4, -0.2) is 7.11 Å². The number of alkyl halides is 2. The fraction of sp³-hybridized carbons (Fsp3) is 0.455. The van der Waals surface area contributed by atoms with Gasteiger partial charge in [0.1, 0.15) is 5.75 Å². The van der Waals surface area contributed by atoms with E-state index >= 15 is 0 Å². The average molecular weight is 322 g/mol. The van der Waals surface area contributed by atoms with E-state index in [-0.39, 0.29) is 0 Å². The number of halogens is 2. The molecular weight excluding hydrogens is 308 g/mol. The molecular formula is C11H14Br2O. The Morgan fingerprint density at radius 2 is 1.50 bits per heavy atom. The Bertz CT molecular complexity index is 282. The molecule has 0 amide bonds. The van der Waals surface area contributed by atoms with Crippen LogP contribution < -0.4 is 4.74 Å². The molecule has 0 N–H and O–H groups in total. The largest absolute Gasteiger partial charge is 0.496 e. The van der Waals surface area contributed by atoms with E-state index < -0.39 is 0 Å². The monoisotopic (exact) mass is 320 g/mol. The molecule has 78 valence electrons. The fourth-order valence-corrected chi connectivity index (χ4v) is 2.16. The summed E-state index contributed by atoms with van der Waals surface area (Å²) in [5.41, 5.74) is 2.38. The number of para-hydroxylation sites is 1. The molecule has 0 aliphatic carbocycles. The Hall–Kier alpha value is -0.0200. The summed E-state index contributed by atoms with van der Waals surface area (Å²) in [4.78, 5) is 0.618. The van der Waals surface area contributed by atoms with Crippen molar-refractivity contribution in [2.75, 3.05) is 7.11 Å². The molecule has 1 aromatic rings. The van der Waals surface area contributed by atoms with E-state index in [4.69, 9.17) is 4.74 Å². The van der Waals surface area contributed by atoms with Crippen LogP contribution in [-0.2, 0) is 0 Å². The third-order valence-electron chi connectivity index (χ3n) is 2.14. The zero-order chi connectivity index (χ0) is 10.7. The summed E-state index contributed by atoms with van der Waals surface area (Å²) in [6, 6.07) is 6.22. The molecule has 1 rings (SSSR count). The van der Waals surface area contributed by atoms with Gasteiger partial charge in [-0.1, -0.05) is 50.1 Å². The number of methoxy groups -OCH3 is 1. The van der Waals surface area contributed by atoms with Gasteiger partial charge in [-0.2, -0.15) is 0 Å². The second-order valence-electron chi connectivity index (χ2n) is 3.20. The van der Waals surface area contributed by atoms with Crippen LogP contribution in [0.3, 0.4) is 0 Å². The summed E-state index contributed by atoms with van der Waals surface area (Å²) in [5, 5.41) is 0. The van der Waals surface area contributed by atoms with Crippen LogP contribution >= 0.6 is 31.9 Å². The van der Waals surface area contributed by atoms with Crippen molar-refractivity contribution in [3.05, 3.63) is 29.3 Å². The van der Waals surface area contributed by atoms with Crippen LogP contribution in [0.4, 0.5) is 0 Å². The molecule has 0 radical (unpaired) electrons. The van der Waals surface area contributed by atoms with Gasteiger partial charge < -0.3 is 4.74 Å². The molecule has 1 aromatic carbocycles. The van der Waals surface area contributed by atoms with Gasteiger partial charge >= 0.3 is 0 Å².